The number of rotatable bonds is 4. The maximum absolute atomic E-state index is 10.7. The summed E-state index contributed by atoms with van der Waals surface area (Å²) in [6.07, 6.45) is 1.80. The molecule has 7 nitrogen and oxygen atoms in total. The molecule has 1 aliphatic heterocycles. The first-order valence-electron chi connectivity index (χ1n) is 5.29. The van der Waals surface area contributed by atoms with E-state index in [9.17, 15) is 4.79 Å². The van der Waals surface area contributed by atoms with E-state index < -0.39 is 11.9 Å². The third kappa shape index (κ3) is 2.19. The number of tetrazole rings is 1. The molecular formula is C9H14N4O3. The van der Waals surface area contributed by atoms with Crippen molar-refractivity contribution in [2.75, 3.05) is 6.61 Å². The highest BCUT2D eigenvalue weighted by molar-refractivity contribution is 5.69. The molecule has 88 valence electrons. The van der Waals surface area contributed by atoms with Crippen molar-refractivity contribution in [3.05, 3.63) is 5.82 Å². The first-order chi connectivity index (χ1) is 7.68. The van der Waals surface area contributed by atoms with Crippen molar-refractivity contribution in [3.63, 3.8) is 0 Å². The summed E-state index contributed by atoms with van der Waals surface area (Å²) in [4.78, 5) is 10.7. The number of carbonyl (C=O) groups is 1. The van der Waals surface area contributed by atoms with Gasteiger partial charge in [-0.3, -0.25) is 4.79 Å². The number of aromatic nitrogens is 4. The molecule has 1 saturated heterocycles. The Bertz CT molecular complexity index is 373. The Balaban J connectivity index is 2.09. The topological polar surface area (TPSA) is 90.1 Å². The highest BCUT2D eigenvalue weighted by Crippen LogP contribution is 2.26. The minimum absolute atomic E-state index is 0.0870. The fourth-order valence-electron chi connectivity index (χ4n) is 1.69. The molecule has 2 rings (SSSR count). The van der Waals surface area contributed by atoms with Gasteiger partial charge in [-0.1, -0.05) is 6.92 Å². The number of nitrogens with zero attached hydrogens (tertiary/aromatic N) is 4. The fourth-order valence-corrected chi connectivity index (χ4v) is 1.69. The van der Waals surface area contributed by atoms with Crippen LogP contribution in [0.5, 0.6) is 0 Å². The molecule has 0 radical (unpaired) electrons. The van der Waals surface area contributed by atoms with Crippen LogP contribution in [0.1, 0.15) is 31.7 Å². The van der Waals surface area contributed by atoms with E-state index in [0.29, 0.717) is 12.4 Å². The maximum atomic E-state index is 10.7. The summed E-state index contributed by atoms with van der Waals surface area (Å²) in [6.45, 7) is 2.62. The van der Waals surface area contributed by atoms with Crippen molar-refractivity contribution in [2.24, 2.45) is 5.92 Å². The van der Waals surface area contributed by atoms with Gasteiger partial charge in [0.1, 0.15) is 6.10 Å². The van der Waals surface area contributed by atoms with Crippen LogP contribution in [0.15, 0.2) is 0 Å². The second kappa shape index (κ2) is 4.56. The van der Waals surface area contributed by atoms with Gasteiger partial charge in [0.25, 0.3) is 0 Å². The van der Waals surface area contributed by atoms with Gasteiger partial charge in [0.05, 0.1) is 12.5 Å². The van der Waals surface area contributed by atoms with E-state index in [2.05, 4.69) is 15.5 Å². The van der Waals surface area contributed by atoms with E-state index >= 15 is 0 Å². The van der Waals surface area contributed by atoms with Gasteiger partial charge in [-0.2, -0.15) is 0 Å². The standard InChI is InChI=1S/C9H14N4O3/c1-6(9(14)15)5-13-8(10-11-12-13)7-3-2-4-16-7/h6-7H,2-5H2,1H3,(H,14,15). The van der Waals surface area contributed by atoms with Crippen molar-refractivity contribution in [3.8, 4) is 0 Å². The molecule has 0 saturated carbocycles. The highest BCUT2D eigenvalue weighted by Gasteiger charge is 2.25. The maximum Gasteiger partial charge on any atom is 0.308 e. The number of aliphatic carboxylic acids is 1. The van der Waals surface area contributed by atoms with Crippen LogP contribution in [-0.2, 0) is 16.1 Å². The van der Waals surface area contributed by atoms with Gasteiger partial charge >= 0.3 is 5.97 Å². The first kappa shape index (κ1) is 11.0. The van der Waals surface area contributed by atoms with Gasteiger partial charge in [-0.05, 0) is 23.3 Å². The Hall–Kier alpha value is -1.50. The average molecular weight is 226 g/mol. The SMILES string of the molecule is CC(Cn1nnnc1C1CCCO1)C(=O)O. The van der Waals surface area contributed by atoms with Crippen LogP contribution in [0.2, 0.25) is 0 Å². The molecule has 1 fully saturated rings. The van der Waals surface area contributed by atoms with E-state index in [0.717, 1.165) is 12.8 Å². The monoisotopic (exact) mass is 226 g/mol. The van der Waals surface area contributed by atoms with E-state index in [4.69, 9.17) is 9.84 Å². The Morgan fingerprint density at radius 2 is 2.56 bits per heavy atom. The molecule has 2 atom stereocenters. The van der Waals surface area contributed by atoms with Crippen LogP contribution in [0.25, 0.3) is 0 Å². The summed E-state index contributed by atoms with van der Waals surface area (Å²) in [5.74, 6) is -0.733. The summed E-state index contributed by atoms with van der Waals surface area (Å²) >= 11 is 0. The molecule has 1 aromatic rings. The molecule has 7 heteroatoms. The smallest absolute Gasteiger partial charge is 0.308 e. The highest BCUT2D eigenvalue weighted by atomic mass is 16.5. The number of carboxylic acid groups (broad SMARTS) is 1. The molecular weight excluding hydrogens is 212 g/mol. The van der Waals surface area contributed by atoms with Crippen molar-refractivity contribution >= 4 is 5.97 Å². The van der Waals surface area contributed by atoms with E-state index in [1.54, 1.807) is 6.92 Å². The van der Waals surface area contributed by atoms with Crippen LogP contribution in [0.3, 0.4) is 0 Å². The molecule has 0 bridgehead atoms. The van der Waals surface area contributed by atoms with E-state index in [1.807, 2.05) is 0 Å². The van der Waals surface area contributed by atoms with Gasteiger partial charge in [-0.15, -0.1) is 5.10 Å². The summed E-state index contributed by atoms with van der Waals surface area (Å²) in [5.41, 5.74) is 0. The molecule has 2 unspecified atom stereocenters. The lowest BCUT2D eigenvalue weighted by atomic mass is 10.2. The lowest BCUT2D eigenvalue weighted by Crippen LogP contribution is -2.20. The second-order valence-electron chi connectivity index (χ2n) is 3.96. The predicted octanol–water partition coefficient (Wildman–Crippen LogP) is 0.245. The summed E-state index contributed by atoms with van der Waals surface area (Å²) in [6, 6.07) is 0. The minimum Gasteiger partial charge on any atom is -0.481 e. The van der Waals surface area contributed by atoms with Crippen molar-refractivity contribution < 1.29 is 14.6 Å². The lowest BCUT2D eigenvalue weighted by molar-refractivity contribution is -0.141. The molecule has 0 spiro atoms. The Kier molecular flexibility index (Phi) is 3.14. The third-order valence-electron chi connectivity index (χ3n) is 2.65. The largest absolute Gasteiger partial charge is 0.481 e. The van der Waals surface area contributed by atoms with Gasteiger partial charge in [0, 0.05) is 6.61 Å². The number of hydrogen-bond donors (Lipinski definition) is 1. The van der Waals surface area contributed by atoms with Crippen molar-refractivity contribution in [1.29, 1.82) is 0 Å². The summed E-state index contributed by atoms with van der Waals surface area (Å²) < 4.78 is 6.99. The average Bonchev–Trinajstić information content (AvgIpc) is 2.85. The Labute approximate surface area is 92.4 Å². The van der Waals surface area contributed by atoms with Crippen molar-refractivity contribution in [1.82, 2.24) is 20.2 Å². The zero-order chi connectivity index (χ0) is 11.5. The van der Waals surface area contributed by atoms with Crippen LogP contribution in [0, 0.1) is 5.92 Å². The lowest BCUT2D eigenvalue weighted by Gasteiger charge is -2.11. The molecule has 0 amide bonds. The zero-order valence-corrected chi connectivity index (χ0v) is 9.04. The third-order valence-corrected chi connectivity index (χ3v) is 2.65. The molecule has 0 aliphatic carbocycles. The molecule has 1 N–H and O–H groups in total. The summed E-state index contributed by atoms with van der Waals surface area (Å²) in [7, 11) is 0. The normalized spacial score (nSPS) is 22.2. The molecule has 1 aromatic heterocycles. The predicted molar refractivity (Wildman–Crippen MR) is 52.5 cm³/mol. The van der Waals surface area contributed by atoms with Gasteiger partial charge < -0.3 is 9.84 Å². The van der Waals surface area contributed by atoms with Gasteiger partial charge in [0.2, 0.25) is 0 Å². The Morgan fingerprint density at radius 3 is 3.19 bits per heavy atom. The zero-order valence-electron chi connectivity index (χ0n) is 9.04. The van der Waals surface area contributed by atoms with Gasteiger partial charge in [0.15, 0.2) is 5.82 Å². The van der Waals surface area contributed by atoms with Gasteiger partial charge in [-0.25, -0.2) is 4.68 Å². The first-order valence-corrected chi connectivity index (χ1v) is 5.29. The van der Waals surface area contributed by atoms with E-state index in [-0.39, 0.29) is 12.6 Å². The fraction of sp³-hybridized carbons (Fsp3) is 0.778. The van der Waals surface area contributed by atoms with Crippen molar-refractivity contribution in [2.45, 2.75) is 32.4 Å². The van der Waals surface area contributed by atoms with Crippen LogP contribution < -0.4 is 0 Å². The quantitative estimate of drug-likeness (QED) is 0.791. The number of ether oxygens (including phenoxy) is 1. The van der Waals surface area contributed by atoms with E-state index in [1.165, 1.54) is 4.68 Å². The minimum atomic E-state index is -0.853. The Morgan fingerprint density at radius 1 is 1.75 bits per heavy atom. The molecule has 1 aliphatic rings. The number of carboxylic acids is 1. The molecule has 16 heavy (non-hydrogen) atoms. The molecule has 0 aromatic carbocycles. The molecule has 2 heterocycles. The van der Waals surface area contributed by atoms with Crippen LogP contribution >= 0.6 is 0 Å². The van der Waals surface area contributed by atoms with Crippen LogP contribution in [0.4, 0.5) is 0 Å². The summed E-state index contributed by atoms with van der Waals surface area (Å²) in [5, 5.41) is 20.1. The van der Waals surface area contributed by atoms with Crippen LogP contribution in [-0.4, -0.2) is 37.9 Å². The number of hydrogen-bond acceptors (Lipinski definition) is 5. The second-order valence-corrected chi connectivity index (χ2v) is 3.96.